The number of nitro benzene ring substituents is 1. The molecule has 0 fully saturated rings. The number of carbonyl (C=O) groups excluding carboxylic acids is 2. The van der Waals surface area contributed by atoms with Crippen LogP contribution in [0.5, 0.6) is 34.5 Å². The van der Waals surface area contributed by atoms with Gasteiger partial charge in [0.2, 0.25) is 23.0 Å². The minimum Gasteiger partial charge on any atom is -0.494 e. The average molecular weight is 979 g/mol. The van der Waals surface area contributed by atoms with E-state index in [0.717, 1.165) is 23.8 Å². The quantitative estimate of drug-likeness (QED) is 0.0240. The first-order valence-corrected chi connectivity index (χ1v) is 20.1. The standard InChI is InChI=1S/C23H22F2N4O4.C20H18F2N4O5.C3H3ClO/c1-5-19(30)28-16-8-6-7-13(2)22(16)29-23-26-10-14(11-27-23)33-12-15-20(24)17(31-3)9-18(32-4)21(15)25;1-11-5-4-6-14(26(27)28)19(11)25-20-23-8-12(9-24-20)31-10-13-17(21)15(29-2)7-16(30-3)18(13)22;1-2-3(4)5/h5-11H,1,12H2,2-4H3,(H,28,30)(H,26,27,29);4-9H,10H2,1-3H3,(H,23,24,25);2H,1H2. The molecule has 6 aromatic rings. The van der Waals surface area contributed by atoms with Crippen LogP contribution in [-0.2, 0) is 22.8 Å². The molecule has 362 valence electrons. The Morgan fingerprint density at radius 2 is 1.04 bits per heavy atom. The summed E-state index contributed by atoms with van der Waals surface area (Å²) < 4.78 is 88.2. The van der Waals surface area contributed by atoms with Gasteiger partial charge in [-0.05, 0) is 54.8 Å². The number of nitro groups is 1. The number of amides is 1. The summed E-state index contributed by atoms with van der Waals surface area (Å²) in [5.41, 5.74) is 2.02. The number of carbonyl (C=O) groups is 2. The highest BCUT2D eigenvalue weighted by Crippen LogP contribution is 2.35. The summed E-state index contributed by atoms with van der Waals surface area (Å²) in [5.74, 6) is -4.03. The molecule has 4 aromatic carbocycles. The van der Waals surface area contributed by atoms with Crippen molar-refractivity contribution in [2.75, 3.05) is 44.4 Å². The molecular weight excluding hydrogens is 936 g/mol. The second-order valence-corrected chi connectivity index (χ2v) is 13.9. The van der Waals surface area contributed by atoms with E-state index in [-0.39, 0.29) is 74.8 Å². The lowest BCUT2D eigenvalue weighted by atomic mass is 10.1. The number of para-hydroxylation sites is 2. The molecule has 0 spiro atoms. The van der Waals surface area contributed by atoms with E-state index in [1.54, 1.807) is 31.2 Å². The maximum atomic E-state index is 14.5. The van der Waals surface area contributed by atoms with Crippen LogP contribution in [0, 0.1) is 47.2 Å². The molecule has 0 aliphatic carbocycles. The molecule has 0 atom stereocenters. The zero-order valence-corrected chi connectivity index (χ0v) is 38.4. The van der Waals surface area contributed by atoms with Crippen molar-refractivity contribution in [3.05, 3.63) is 154 Å². The number of ether oxygens (including phenoxy) is 6. The fourth-order valence-corrected chi connectivity index (χ4v) is 5.66. The van der Waals surface area contributed by atoms with Gasteiger partial charge in [0, 0.05) is 18.2 Å². The molecule has 23 heteroatoms. The van der Waals surface area contributed by atoms with Gasteiger partial charge in [-0.15, -0.1) is 0 Å². The third-order valence-electron chi connectivity index (χ3n) is 9.15. The second kappa shape index (κ2) is 25.4. The van der Waals surface area contributed by atoms with Crippen LogP contribution in [0.15, 0.2) is 98.6 Å². The molecule has 18 nitrogen and oxygen atoms in total. The van der Waals surface area contributed by atoms with E-state index in [4.69, 9.17) is 40.0 Å². The van der Waals surface area contributed by atoms with E-state index in [9.17, 15) is 37.3 Å². The number of halogens is 5. The van der Waals surface area contributed by atoms with Gasteiger partial charge < -0.3 is 44.4 Å². The Balaban J connectivity index is 0.000000274. The Hall–Kier alpha value is -8.53. The van der Waals surface area contributed by atoms with Crippen LogP contribution in [0.3, 0.4) is 0 Å². The first-order chi connectivity index (χ1) is 33.0. The van der Waals surface area contributed by atoms with Crippen molar-refractivity contribution in [1.29, 1.82) is 0 Å². The zero-order chi connectivity index (χ0) is 50.8. The minimum atomic E-state index is -0.910. The fraction of sp³-hybridized carbons (Fsp3) is 0.174. The molecule has 1 amide bonds. The van der Waals surface area contributed by atoms with Crippen LogP contribution in [0.25, 0.3) is 0 Å². The molecule has 2 aromatic heterocycles. The van der Waals surface area contributed by atoms with Gasteiger partial charge in [0.1, 0.15) is 18.9 Å². The van der Waals surface area contributed by atoms with E-state index < -0.39 is 46.6 Å². The molecule has 0 saturated heterocycles. The molecule has 3 N–H and O–H groups in total. The van der Waals surface area contributed by atoms with E-state index >= 15 is 0 Å². The molecule has 0 bridgehead atoms. The van der Waals surface area contributed by atoms with Crippen LogP contribution < -0.4 is 44.4 Å². The van der Waals surface area contributed by atoms with Crippen LogP contribution in [-0.4, -0.2) is 64.4 Å². The summed E-state index contributed by atoms with van der Waals surface area (Å²) in [7, 11) is 5.03. The Labute approximate surface area is 397 Å². The Kier molecular flexibility index (Phi) is 19.5. The highest BCUT2D eigenvalue weighted by Gasteiger charge is 2.23. The normalized spacial score (nSPS) is 10.1. The number of anilines is 5. The largest absolute Gasteiger partial charge is 0.494 e. The smallest absolute Gasteiger partial charge is 0.293 e. The number of rotatable bonds is 18. The van der Waals surface area contributed by atoms with Crippen LogP contribution in [0.1, 0.15) is 22.3 Å². The topological polar surface area (TPSA) is 220 Å². The number of benzene rings is 4. The van der Waals surface area contributed by atoms with Crippen molar-refractivity contribution in [2.45, 2.75) is 27.1 Å². The number of hydrogen-bond acceptors (Lipinski definition) is 16. The number of aryl methyl sites for hydroxylation is 2. The van der Waals surface area contributed by atoms with Crippen LogP contribution >= 0.6 is 11.6 Å². The number of methoxy groups -OCH3 is 4. The molecule has 0 aliphatic rings. The molecule has 2 heterocycles. The number of nitrogens with zero attached hydrogens (tertiary/aromatic N) is 5. The molecular formula is C46H43ClF4N8O10. The van der Waals surface area contributed by atoms with Gasteiger partial charge in [-0.25, -0.2) is 37.5 Å². The number of allylic oxidation sites excluding steroid dienone is 1. The summed E-state index contributed by atoms with van der Waals surface area (Å²) in [4.78, 5) is 48.2. The fourth-order valence-electron chi connectivity index (χ4n) is 5.66. The van der Waals surface area contributed by atoms with Crippen LogP contribution in [0.4, 0.5) is 52.2 Å². The van der Waals surface area contributed by atoms with E-state index in [2.05, 4.69) is 49.0 Å². The lowest BCUT2D eigenvalue weighted by molar-refractivity contribution is -0.384. The number of hydrogen-bond donors (Lipinski definition) is 3. The highest BCUT2D eigenvalue weighted by molar-refractivity contribution is 6.66. The summed E-state index contributed by atoms with van der Waals surface area (Å²) >= 11 is 4.71. The van der Waals surface area contributed by atoms with Gasteiger partial charge in [-0.1, -0.05) is 37.4 Å². The molecule has 0 radical (unpaired) electrons. The van der Waals surface area contributed by atoms with Crippen molar-refractivity contribution in [1.82, 2.24) is 19.9 Å². The zero-order valence-electron chi connectivity index (χ0n) is 37.6. The third kappa shape index (κ3) is 14.2. The first-order valence-electron chi connectivity index (χ1n) is 19.7. The lowest BCUT2D eigenvalue weighted by Gasteiger charge is -2.15. The Bertz CT molecular complexity index is 2750. The van der Waals surface area contributed by atoms with Gasteiger partial charge in [0.15, 0.2) is 57.8 Å². The summed E-state index contributed by atoms with van der Waals surface area (Å²) in [6, 6.07) is 12.2. The molecule has 6 rings (SSSR count). The molecule has 0 aliphatic heterocycles. The van der Waals surface area contributed by atoms with E-state index in [1.807, 2.05) is 13.0 Å². The SMILES string of the molecule is C=CC(=O)Cl.C=CC(=O)Nc1cccc(C)c1Nc1ncc(OCc2c(F)c(OC)cc(OC)c2F)cn1.COc1cc(OC)c(F)c(COc2cnc(Nc3c(C)cccc3[N+](=O)[O-])nc2)c1F. The third-order valence-corrected chi connectivity index (χ3v) is 9.30. The van der Waals surface area contributed by atoms with Gasteiger partial charge in [0.25, 0.3) is 5.69 Å². The van der Waals surface area contributed by atoms with Crippen molar-refractivity contribution in [2.24, 2.45) is 0 Å². The predicted molar refractivity (Wildman–Crippen MR) is 247 cm³/mol. The van der Waals surface area contributed by atoms with Gasteiger partial charge >= 0.3 is 0 Å². The van der Waals surface area contributed by atoms with Gasteiger partial charge in [-0.2, -0.15) is 0 Å². The lowest BCUT2D eigenvalue weighted by Crippen LogP contribution is -2.10. The Morgan fingerprint density at radius 1 is 0.667 bits per heavy atom. The minimum absolute atomic E-state index is 0.0881. The van der Waals surface area contributed by atoms with Gasteiger partial charge in [0.05, 0.1) is 80.7 Å². The van der Waals surface area contributed by atoms with Crippen LogP contribution in [0.2, 0.25) is 0 Å². The molecule has 0 unspecified atom stereocenters. The van der Waals surface area contributed by atoms with Crippen molar-refractivity contribution in [3.8, 4) is 34.5 Å². The first kappa shape index (κ1) is 53.1. The predicted octanol–water partition coefficient (Wildman–Crippen LogP) is 9.78. The van der Waals surface area contributed by atoms with Crippen molar-refractivity contribution < 1.29 is 60.5 Å². The molecule has 69 heavy (non-hydrogen) atoms. The molecule has 0 saturated carbocycles. The Morgan fingerprint density at radius 3 is 1.41 bits per heavy atom. The van der Waals surface area contributed by atoms with E-state index in [1.165, 1.54) is 65.4 Å². The second-order valence-electron chi connectivity index (χ2n) is 13.5. The monoisotopic (exact) mass is 978 g/mol. The van der Waals surface area contributed by atoms with Crippen molar-refractivity contribution in [3.63, 3.8) is 0 Å². The summed E-state index contributed by atoms with van der Waals surface area (Å²) in [6.07, 6.45) is 7.45. The maximum Gasteiger partial charge on any atom is 0.293 e. The van der Waals surface area contributed by atoms with Crippen molar-refractivity contribution >= 4 is 57.4 Å². The number of aromatic nitrogens is 4. The van der Waals surface area contributed by atoms with E-state index in [0.29, 0.717) is 16.9 Å². The summed E-state index contributed by atoms with van der Waals surface area (Å²) in [5, 5.41) is 19.2. The average Bonchev–Trinajstić information content (AvgIpc) is 3.34. The number of nitrogens with one attached hydrogen (secondary N) is 3. The summed E-state index contributed by atoms with van der Waals surface area (Å²) in [6.45, 7) is 9.18. The van der Waals surface area contributed by atoms with Gasteiger partial charge in [-0.3, -0.25) is 19.7 Å². The highest BCUT2D eigenvalue weighted by atomic mass is 35.5. The maximum absolute atomic E-state index is 14.5.